The van der Waals surface area contributed by atoms with Gasteiger partial charge in [0.2, 0.25) is 0 Å². The average molecular weight is 273 g/mol. The topological polar surface area (TPSA) is 0 Å². The van der Waals surface area contributed by atoms with Gasteiger partial charge in [-0.15, -0.1) is 11.6 Å². The summed E-state index contributed by atoms with van der Waals surface area (Å²) in [7, 11) is 0. The van der Waals surface area contributed by atoms with Crippen LogP contribution in [0.5, 0.6) is 0 Å². The Morgan fingerprint density at radius 2 is 1.47 bits per heavy atom. The molecule has 0 bridgehead atoms. The van der Waals surface area contributed by atoms with E-state index in [0.29, 0.717) is 5.92 Å². The van der Waals surface area contributed by atoms with Gasteiger partial charge in [0.15, 0.2) is 0 Å². The molecular formula is C18H21Cl. The zero-order valence-electron chi connectivity index (χ0n) is 11.4. The first-order valence-corrected chi connectivity index (χ1v) is 7.44. The van der Waals surface area contributed by atoms with Crippen LogP contribution in [0.25, 0.3) is 0 Å². The molecule has 0 aliphatic rings. The highest BCUT2D eigenvalue weighted by Crippen LogP contribution is 2.31. The van der Waals surface area contributed by atoms with Crippen molar-refractivity contribution in [3.8, 4) is 0 Å². The van der Waals surface area contributed by atoms with Gasteiger partial charge in [0.1, 0.15) is 0 Å². The summed E-state index contributed by atoms with van der Waals surface area (Å²) in [6.07, 6.45) is 3.50. The van der Waals surface area contributed by atoms with E-state index in [1.165, 1.54) is 17.5 Å². The van der Waals surface area contributed by atoms with E-state index in [1.807, 2.05) is 6.07 Å². The lowest BCUT2D eigenvalue weighted by atomic mass is 9.94. The van der Waals surface area contributed by atoms with Crippen LogP contribution in [-0.4, -0.2) is 0 Å². The molecule has 0 saturated carbocycles. The van der Waals surface area contributed by atoms with E-state index in [0.717, 1.165) is 12.8 Å². The summed E-state index contributed by atoms with van der Waals surface area (Å²) in [5.74, 6) is 0.507. The fourth-order valence-electron chi connectivity index (χ4n) is 2.38. The van der Waals surface area contributed by atoms with Crippen molar-refractivity contribution in [3.63, 3.8) is 0 Å². The average Bonchev–Trinajstić information content (AvgIpc) is 2.48. The molecule has 0 aliphatic carbocycles. The van der Waals surface area contributed by atoms with Gasteiger partial charge < -0.3 is 0 Å². The largest absolute Gasteiger partial charge is 0.118 e. The maximum absolute atomic E-state index is 6.54. The highest BCUT2D eigenvalue weighted by atomic mass is 35.5. The number of aryl methyl sites for hydroxylation is 1. The van der Waals surface area contributed by atoms with E-state index in [4.69, 9.17) is 11.6 Å². The minimum absolute atomic E-state index is 0.122. The first kappa shape index (κ1) is 14.1. The van der Waals surface area contributed by atoms with Crippen LogP contribution in [0.15, 0.2) is 60.7 Å². The lowest BCUT2D eigenvalue weighted by Crippen LogP contribution is -2.04. The number of alkyl halides is 1. The molecule has 2 atom stereocenters. The minimum Gasteiger partial charge on any atom is -0.118 e. The van der Waals surface area contributed by atoms with Crippen molar-refractivity contribution >= 4 is 11.6 Å². The van der Waals surface area contributed by atoms with Gasteiger partial charge in [-0.3, -0.25) is 0 Å². The Balaban J connectivity index is 1.80. The molecule has 0 N–H and O–H groups in total. The summed E-state index contributed by atoms with van der Waals surface area (Å²) in [6.45, 7) is 2.25. The highest BCUT2D eigenvalue weighted by Gasteiger charge is 2.15. The predicted octanol–water partition coefficient (Wildman–Crippen LogP) is 5.63. The van der Waals surface area contributed by atoms with E-state index in [9.17, 15) is 0 Å². The summed E-state index contributed by atoms with van der Waals surface area (Å²) >= 11 is 6.54. The molecule has 0 nitrogen and oxygen atoms in total. The predicted molar refractivity (Wildman–Crippen MR) is 83.6 cm³/mol. The van der Waals surface area contributed by atoms with Crippen LogP contribution in [0.3, 0.4) is 0 Å². The lowest BCUT2D eigenvalue weighted by molar-refractivity contribution is 0.494. The third-order valence-corrected chi connectivity index (χ3v) is 4.27. The Kier molecular flexibility index (Phi) is 5.47. The Morgan fingerprint density at radius 3 is 2.11 bits per heavy atom. The smallest absolute Gasteiger partial charge is 0.0610 e. The standard InChI is InChI=1S/C18H21Cl/c1-15(18(19)17-13-6-3-7-14-17)9-8-12-16-10-4-2-5-11-16/h2-7,10-11,13-15,18H,8-9,12H2,1H3. The van der Waals surface area contributed by atoms with Gasteiger partial charge >= 0.3 is 0 Å². The third kappa shape index (κ3) is 4.40. The second-order valence-electron chi connectivity index (χ2n) is 5.17. The number of halogens is 1. The van der Waals surface area contributed by atoms with E-state index >= 15 is 0 Å². The van der Waals surface area contributed by atoms with Crippen molar-refractivity contribution in [2.24, 2.45) is 5.92 Å². The maximum Gasteiger partial charge on any atom is 0.0610 e. The fourth-order valence-corrected chi connectivity index (χ4v) is 2.66. The Bertz CT molecular complexity index is 464. The van der Waals surface area contributed by atoms with Gasteiger partial charge in [-0.05, 0) is 36.3 Å². The molecule has 0 spiro atoms. The Hall–Kier alpha value is -1.27. The van der Waals surface area contributed by atoms with E-state index in [-0.39, 0.29) is 5.38 Å². The molecule has 0 fully saturated rings. The van der Waals surface area contributed by atoms with Gasteiger partial charge in [-0.2, -0.15) is 0 Å². The molecule has 19 heavy (non-hydrogen) atoms. The molecule has 2 aromatic rings. The van der Waals surface area contributed by atoms with Crippen LogP contribution in [0.4, 0.5) is 0 Å². The van der Waals surface area contributed by atoms with Crippen molar-refractivity contribution in [1.82, 2.24) is 0 Å². The van der Waals surface area contributed by atoms with Gasteiger partial charge in [-0.1, -0.05) is 67.6 Å². The van der Waals surface area contributed by atoms with E-state index in [1.54, 1.807) is 0 Å². The van der Waals surface area contributed by atoms with E-state index in [2.05, 4.69) is 61.5 Å². The molecule has 2 aromatic carbocycles. The number of hydrogen-bond donors (Lipinski definition) is 0. The van der Waals surface area contributed by atoms with Crippen LogP contribution in [0, 0.1) is 5.92 Å². The normalized spacial score (nSPS) is 14.0. The number of benzene rings is 2. The van der Waals surface area contributed by atoms with Gasteiger partial charge in [0.05, 0.1) is 5.38 Å². The monoisotopic (exact) mass is 272 g/mol. The molecule has 0 aliphatic heterocycles. The quantitative estimate of drug-likeness (QED) is 0.598. The number of rotatable bonds is 6. The van der Waals surface area contributed by atoms with Crippen molar-refractivity contribution in [2.75, 3.05) is 0 Å². The molecule has 2 rings (SSSR count). The van der Waals surface area contributed by atoms with Crippen molar-refractivity contribution in [3.05, 3.63) is 71.8 Å². The first-order valence-electron chi connectivity index (χ1n) is 7.00. The third-order valence-electron chi connectivity index (χ3n) is 3.59. The van der Waals surface area contributed by atoms with Gasteiger partial charge in [0.25, 0.3) is 0 Å². The van der Waals surface area contributed by atoms with Gasteiger partial charge in [0, 0.05) is 0 Å². The molecule has 0 aromatic heterocycles. The lowest BCUT2D eigenvalue weighted by Gasteiger charge is -2.18. The second kappa shape index (κ2) is 7.35. The number of hydrogen-bond acceptors (Lipinski definition) is 0. The second-order valence-corrected chi connectivity index (χ2v) is 5.64. The highest BCUT2D eigenvalue weighted by molar-refractivity contribution is 6.20. The molecule has 1 heteroatoms. The van der Waals surface area contributed by atoms with Crippen LogP contribution >= 0.6 is 11.6 Å². The molecule has 0 radical (unpaired) electrons. The molecule has 0 saturated heterocycles. The van der Waals surface area contributed by atoms with Crippen molar-refractivity contribution in [1.29, 1.82) is 0 Å². The molecular weight excluding hydrogens is 252 g/mol. The molecule has 2 unspecified atom stereocenters. The van der Waals surface area contributed by atoms with Gasteiger partial charge in [-0.25, -0.2) is 0 Å². The summed E-state index contributed by atoms with van der Waals surface area (Å²) in [5.41, 5.74) is 2.65. The summed E-state index contributed by atoms with van der Waals surface area (Å²) in [6, 6.07) is 21.0. The van der Waals surface area contributed by atoms with Crippen LogP contribution < -0.4 is 0 Å². The fraction of sp³-hybridized carbons (Fsp3) is 0.333. The zero-order chi connectivity index (χ0) is 13.5. The van der Waals surface area contributed by atoms with Crippen LogP contribution in [0.2, 0.25) is 0 Å². The zero-order valence-corrected chi connectivity index (χ0v) is 12.2. The summed E-state index contributed by atoms with van der Waals surface area (Å²) in [5, 5.41) is 0.122. The van der Waals surface area contributed by atoms with Crippen molar-refractivity contribution in [2.45, 2.75) is 31.6 Å². The Morgan fingerprint density at radius 1 is 0.895 bits per heavy atom. The van der Waals surface area contributed by atoms with Crippen molar-refractivity contribution < 1.29 is 0 Å². The molecule has 0 heterocycles. The Labute approximate surface area is 121 Å². The van der Waals surface area contributed by atoms with Crippen LogP contribution in [0.1, 0.15) is 36.3 Å². The summed E-state index contributed by atoms with van der Waals surface area (Å²) < 4.78 is 0. The minimum atomic E-state index is 0.122. The van der Waals surface area contributed by atoms with E-state index < -0.39 is 0 Å². The maximum atomic E-state index is 6.54. The summed E-state index contributed by atoms with van der Waals surface area (Å²) in [4.78, 5) is 0. The SMILES string of the molecule is CC(CCCc1ccccc1)C(Cl)c1ccccc1. The molecule has 100 valence electrons. The first-order chi connectivity index (χ1) is 9.27. The van der Waals surface area contributed by atoms with Crippen LogP contribution in [-0.2, 0) is 6.42 Å². The molecule has 0 amide bonds.